The number of carbonyl (C=O) groups is 2. The van der Waals surface area contributed by atoms with Crippen molar-refractivity contribution >= 4 is 29.2 Å². The first-order chi connectivity index (χ1) is 11.5. The van der Waals surface area contributed by atoms with Crippen LogP contribution in [0.5, 0.6) is 0 Å². The number of hydrazine groups is 1. The normalized spacial score (nSPS) is 11.8. The molecule has 1 heterocycles. The number of benzene rings is 1. The van der Waals surface area contributed by atoms with E-state index in [1.54, 1.807) is 37.3 Å². The molecule has 3 N–H and O–H groups in total. The summed E-state index contributed by atoms with van der Waals surface area (Å²) in [5, 5.41) is 6.93. The molecule has 0 saturated carbocycles. The third-order valence-corrected chi connectivity index (χ3v) is 3.52. The second-order valence-corrected chi connectivity index (χ2v) is 5.71. The third kappa shape index (κ3) is 5.36. The van der Waals surface area contributed by atoms with Crippen molar-refractivity contribution in [2.24, 2.45) is 0 Å². The molecule has 0 aliphatic rings. The van der Waals surface area contributed by atoms with Crippen molar-refractivity contribution < 1.29 is 14.1 Å². The maximum atomic E-state index is 12.1. The number of anilines is 1. The molecule has 1 atom stereocenters. The predicted octanol–water partition coefficient (Wildman–Crippen LogP) is 2.22. The van der Waals surface area contributed by atoms with Gasteiger partial charge in [0.1, 0.15) is 11.8 Å². The summed E-state index contributed by atoms with van der Waals surface area (Å²) >= 11 is 5.80. The molecule has 128 valence electrons. The van der Waals surface area contributed by atoms with Gasteiger partial charge in [-0.2, -0.15) is 0 Å². The van der Waals surface area contributed by atoms with Crippen molar-refractivity contribution in [3.8, 4) is 0 Å². The van der Waals surface area contributed by atoms with E-state index in [9.17, 15) is 9.59 Å². The fourth-order valence-corrected chi connectivity index (χ4v) is 2.12. The van der Waals surface area contributed by atoms with Gasteiger partial charge in [-0.05, 0) is 31.0 Å². The number of hydrogen-bond acceptors (Lipinski definition) is 5. The van der Waals surface area contributed by atoms with E-state index in [0.717, 1.165) is 5.56 Å². The lowest BCUT2D eigenvalue weighted by atomic mass is 10.1. The van der Waals surface area contributed by atoms with Gasteiger partial charge in [0, 0.05) is 11.1 Å². The molecule has 2 aromatic rings. The van der Waals surface area contributed by atoms with Crippen LogP contribution < -0.4 is 16.2 Å². The zero-order valence-electron chi connectivity index (χ0n) is 13.4. The lowest BCUT2D eigenvalue weighted by Gasteiger charge is -2.16. The molecule has 0 fully saturated rings. The Labute approximate surface area is 144 Å². The second-order valence-electron chi connectivity index (χ2n) is 5.27. The van der Waals surface area contributed by atoms with Crippen molar-refractivity contribution in [2.75, 3.05) is 5.32 Å². The van der Waals surface area contributed by atoms with Crippen LogP contribution >= 0.6 is 11.6 Å². The van der Waals surface area contributed by atoms with E-state index in [-0.39, 0.29) is 18.2 Å². The molecule has 0 bridgehead atoms. The quantitative estimate of drug-likeness (QED) is 0.665. The summed E-state index contributed by atoms with van der Waals surface area (Å²) in [6.07, 6.45) is 0.675. The van der Waals surface area contributed by atoms with E-state index in [4.69, 9.17) is 16.1 Å². The van der Waals surface area contributed by atoms with Crippen molar-refractivity contribution in [3.05, 3.63) is 46.7 Å². The number of aryl methyl sites for hydroxylation is 1. The summed E-state index contributed by atoms with van der Waals surface area (Å²) in [6, 6.07) is 8.03. The number of halogens is 1. The fraction of sp³-hybridized carbons (Fsp3) is 0.312. The van der Waals surface area contributed by atoms with Crippen LogP contribution in [0, 0.1) is 6.92 Å². The Morgan fingerprint density at radius 3 is 2.58 bits per heavy atom. The lowest BCUT2D eigenvalue weighted by Crippen LogP contribution is -2.50. The Hall–Kier alpha value is -2.38. The number of hydrogen-bond donors (Lipinski definition) is 3. The van der Waals surface area contributed by atoms with Crippen LogP contribution in [0.3, 0.4) is 0 Å². The molecule has 7 nitrogen and oxygen atoms in total. The van der Waals surface area contributed by atoms with Gasteiger partial charge in [0.15, 0.2) is 5.82 Å². The van der Waals surface area contributed by atoms with E-state index in [1.807, 2.05) is 6.92 Å². The smallest absolute Gasteiger partial charge is 0.244 e. The number of carbonyl (C=O) groups excluding carboxylic acids is 2. The second kappa shape index (κ2) is 8.47. The lowest BCUT2D eigenvalue weighted by molar-refractivity contribution is -0.122. The van der Waals surface area contributed by atoms with E-state index >= 15 is 0 Å². The highest BCUT2D eigenvalue weighted by Gasteiger charge is 2.18. The van der Waals surface area contributed by atoms with Gasteiger partial charge in [-0.3, -0.25) is 15.0 Å². The SMILES string of the molecule is CC[C@@H](NNC(=O)Cc1ccc(Cl)cc1)C(=O)Nc1cc(C)on1. The highest BCUT2D eigenvalue weighted by molar-refractivity contribution is 6.30. The Morgan fingerprint density at radius 1 is 1.29 bits per heavy atom. The van der Waals surface area contributed by atoms with Crippen molar-refractivity contribution in [3.63, 3.8) is 0 Å². The van der Waals surface area contributed by atoms with Gasteiger partial charge in [-0.1, -0.05) is 35.8 Å². The average Bonchev–Trinajstić information content (AvgIpc) is 2.95. The van der Waals surface area contributed by atoms with Crippen molar-refractivity contribution in [2.45, 2.75) is 32.7 Å². The maximum Gasteiger partial charge on any atom is 0.244 e. The molecular formula is C16H19ClN4O3. The van der Waals surface area contributed by atoms with Crippen molar-refractivity contribution in [1.82, 2.24) is 16.0 Å². The maximum absolute atomic E-state index is 12.1. The van der Waals surface area contributed by atoms with Crippen LogP contribution in [0.4, 0.5) is 5.82 Å². The van der Waals surface area contributed by atoms with Crippen LogP contribution in [-0.2, 0) is 16.0 Å². The number of aromatic nitrogens is 1. The summed E-state index contributed by atoms with van der Waals surface area (Å²) in [4.78, 5) is 24.1. The van der Waals surface area contributed by atoms with Gasteiger partial charge in [-0.15, -0.1) is 0 Å². The molecule has 0 unspecified atom stereocenters. The number of nitrogens with one attached hydrogen (secondary N) is 3. The van der Waals surface area contributed by atoms with Gasteiger partial charge in [0.05, 0.1) is 6.42 Å². The van der Waals surface area contributed by atoms with Gasteiger partial charge in [0.2, 0.25) is 11.8 Å². The van der Waals surface area contributed by atoms with Crippen LogP contribution in [-0.4, -0.2) is 23.0 Å². The minimum Gasteiger partial charge on any atom is -0.360 e. The van der Waals surface area contributed by atoms with E-state index in [1.165, 1.54) is 0 Å². The summed E-state index contributed by atoms with van der Waals surface area (Å²) in [5.74, 6) is 0.381. The van der Waals surface area contributed by atoms with Gasteiger partial charge in [0.25, 0.3) is 0 Å². The molecule has 0 saturated heterocycles. The first kappa shape index (κ1) is 18.0. The molecule has 2 amide bonds. The van der Waals surface area contributed by atoms with E-state index in [0.29, 0.717) is 23.0 Å². The van der Waals surface area contributed by atoms with Crippen LogP contribution in [0.1, 0.15) is 24.7 Å². The Kier molecular flexibility index (Phi) is 6.34. The van der Waals surface area contributed by atoms with Gasteiger partial charge < -0.3 is 9.84 Å². The molecule has 0 radical (unpaired) electrons. The van der Waals surface area contributed by atoms with E-state index < -0.39 is 6.04 Å². The Bertz CT molecular complexity index is 700. The Morgan fingerprint density at radius 2 is 2.00 bits per heavy atom. The zero-order valence-corrected chi connectivity index (χ0v) is 14.2. The number of nitrogens with zero attached hydrogens (tertiary/aromatic N) is 1. The number of amides is 2. The van der Waals surface area contributed by atoms with Gasteiger partial charge >= 0.3 is 0 Å². The average molecular weight is 351 g/mol. The zero-order chi connectivity index (χ0) is 17.5. The highest BCUT2D eigenvalue weighted by Crippen LogP contribution is 2.10. The molecule has 24 heavy (non-hydrogen) atoms. The van der Waals surface area contributed by atoms with Crippen LogP contribution in [0.25, 0.3) is 0 Å². The molecule has 1 aromatic carbocycles. The molecule has 0 aliphatic carbocycles. The molecular weight excluding hydrogens is 332 g/mol. The first-order valence-electron chi connectivity index (χ1n) is 7.51. The third-order valence-electron chi connectivity index (χ3n) is 3.27. The standard InChI is InChI=1S/C16H19ClN4O3/c1-3-13(16(23)18-14-8-10(2)24-21-14)19-20-15(22)9-11-4-6-12(17)7-5-11/h4-8,13,19H,3,9H2,1-2H3,(H,20,22)(H,18,21,23)/t13-/m1/s1. The minimum atomic E-state index is -0.587. The van der Waals surface area contributed by atoms with Crippen LogP contribution in [0.15, 0.2) is 34.9 Å². The van der Waals surface area contributed by atoms with Crippen LogP contribution in [0.2, 0.25) is 5.02 Å². The fourth-order valence-electron chi connectivity index (χ4n) is 1.99. The molecule has 0 aliphatic heterocycles. The summed E-state index contributed by atoms with van der Waals surface area (Å²) in [7, 11) is 0. The number of rotatable bonds is 7. The molecule has 2 rings (SSSR count). The highest BCUT2D eigenvalue weighted by atomic mass is 35.5. The summed E-state index contributed by atoms with van der Waals surface area (Å²) in [5.41, 5.74) is 6.10. The predicted molar refractivity (Wildman–Crippen MR) is 90.4 cm³/mol. The van der Waals surface area contributed by atoms with Gasteiger partial charge in [-0.25, -0.2) is 5.43 Å². The summed E-state index contributed by atoms with van der Waals surface area (Å²) < 4.78 is 4.89. The largest absolute Gasteiger partial charge is 0.360 e. The topological polar surface area (TPSA) is 96.3 Å². The molecule has 1 aromatic heterocycles. The minimum absolute atomic E-state index is 0.185. The first-order valence-corrected chi connectivity index (χ1v) is 7.88. The van der Waals surface area contributed by atoms with E-state index in [2.05, 4.69) is 21.3 Å². The molecule has 0 spiro atoms. The molecule has 8 heteroatoms. The van der Waals surface area contributed by atoms with Crippen molar-refractivity contribution in [1.29, 1.82) is 0 Å². The monoisotopic (exact) mass is 350 g/mol. The summed E-state index contributed by atoms with van der Waals surface area (Å²) in [6.45, 7) is 3.56. The Balaban J connectivity index is 1.82.